The Bertz CT molecular complexity index is 1480. The van der Waals surface area contributed by atoms with E-state index in [9.17, 15) is 14.7 Å². The first-order chi connectivity index (χ1) is 21.9. The molecule has 5 saturated carbocycles. The molecular formula is C43H60O4. The Morgan fingerprint density at radius 3 is 2.26 bits per heavy atom. The summed E-state index contributed by atoms with van der Waals surface area (Å²) in [5.41, 5.74) is 1.94. The Morgan fingerprint density at radius 1 is 0.894 bits per heavy atom. The summed E-state index contributed by atoms with van der Waals surface area (Å²) in [6, 6.07) is 10.6. The molecule has 0 aliphatic heterocycles. The predicted octanol–water partition coefficient (Wildman–Crippen LogP) is 10.1. The number of aliphatic carboxylic acids is 1. The summed E-state index contributed by atoms with van der Waals surface area (Å²) in [5.74, 6) is 9.14. The molecule has 4 nitrogen and oxygen atoms in total. The van der Waals surface area contributed by atoms with Crippen molar-refractivity contribution in [2.75, 3.05) is 0 Å². The smallest absolute Gasteiger partial charge is 0.309 e. The van der Waals surface area contributed by atoms with Gasteiger partial charge in [0, 0.05) is 16.4 Å². The topological polar surface area (TPSA) is 63.6 Å². The van der Waals surface area contributed by atoms with Crippen molar-refractivity contribution in [2.45, 2.75) is 132 Å². The Morgan fingerprint density at radius 2 is 1.60 bits per heavy atom. The Balaban J connectivity index is 1.28. The van der Waals surface area contributed by atoms with Crippen LogP contribution in [0, 0.1) is 73.9 Å². The highest BCUT2D eigenvalue weighted by Gasteiger charge is 2.71. The lowest BCUT2D eigenvalue weighted by Gasteiger charge is -2.72. The van der Waals surface area contributed by atoms with E-state index in [1.807, 2.05) is 0 Å². The van der Waals surface area contributed by atoms with Gasteiger partial charge in [-0.25, -0.2) is 0 Å². The van der Waals surface area contributed by atoms with E-state index in [4.69, 9.17) is 4.74 Å². The van der Waals surface area contributed by atoms with E-state index >= 15 is 0 Å². The lowest BCUT2D eigenvalue weighted by molar-refractivity contribution is -0.247. The summed E-state index contributed by atoms with van der Waals surface area (Å²) in [5, 5.41) is 9.59. The van der Waals surface area contributed by atoms with Crippen LogP contribution >= 0.6 is 0 Å². The summed E-state index contributed by atoms with van der Waals surface area (Å²) in [7, 11) is 0. The largest absolute Gasteiger partial charge is 0.481 e. The van der Waals surface area contributed by atoms with Gasteiger partial charge in [-0.15, -0.1) is 0 Å². The van der Waals surface area contributed by atoms with Gasteiger partial charge in [0.1, 0.15) is 6.10 Å². The maximum atomic E-state index is 13.1. The highest BCUT2D eigenvalue weighted by Crippen LogP contribution is 2.77. The Hall–Kier alpha value is -2.54. The maximum Gasteiger partial charge on any atom is 0.309 e. The van der Waals surface area contributed by atoms with Gasteiger partial charge in [-0.3, -0.25) is 9.59 Å². The predicted molar refractivity (Wildman–Crippen MR) is 188 cm³/mol. The third-order valence-corrected chi connectivity index (χ3v) is 15.7. The SMILES string of the molecule is C=C(C)C1CCC2(C#Cc3ccccc3)CC[C@]3(C)C(CCC4C5(C)CC[C@H](OC(=O)CC(C)(C)C(=O)O)C(C)(C)C5CCC43C)C12. The van der Waals surface area contributed by atoms with Crippen LogP contribution in [0.5, 0.6) is 0 Å². The first kappa shape index (κ1) is 34.3. The number of carboxylic acid groups (broad SMARTS) is 1. The van der Waals surface area contributed by atoms with Crippen LogP contribution in [0.25, 0.3) is 0 Å². The van der Waals surface area contributed by atoms with Gasteiger partial charge in [0.05, 0.1) is 11.8 Å². The number of benzene rings is 1. The molecule has 8 unspecified atom stereocenters. The molecule has 0 bridgehead atoms. The second kappa shape index (κ2) is 11.5. The molecule has 256 valence electrons. The van der Waals surface area contributed by atoms with Crippen molar-refractivity contribution in [1.82, 2.24) is 0 Å². The Kier molecular flexibility index (Phi) is 8.42. The second-order valence-corrected chi connectivity index (χ2v) is 18.7. The number of hydrogen-bond acceptors (Lipinski definition) is 3. The van der Waals surface area contributed by atoms with E-state index in [0.29, 0.717) is 29.6 Å². The molecule has 5 aliphatic rings. The van der Waals surface area contributed by atoms with Crippen molar-refractivity contribution < 1.29 is 19.4 Å². The number of rotatable bonds is 5. The van der Waals surface area contributed by atoms with E-state index in [1.54, 1.807) is 13.8 Å². The van der Waals surface area contributed by atoms with E-state index < -0.39 is 11.4 Å². The van der Waals surface area contributed by atoms with Gasteiger partial charge in [-0.2, -0.15) is 0 Å². The molecule has 10 atom stereocenters. The average molecular weight is 641 g/mol. The molecule has 0 radical (unpaired) electrons. The zero-order valence-electron chi connectivity index (χ0n) is 30.5. The molecule has 0 spiro atoms. The molecule has 0 saturated heterocycles. The Labute approximate surface area is 284 Å². The van der Waals surface area contributed by atoms with Gasteiger partial charge < -0.3 is 9.84 Å². The summed E-state index contributed by atoms with van der Waals surface area (Å²) in [4.78, 5) is 24.8. The quantitative estimate of drug-likeness (QED) is 0.198. The van der Waals surface area contributed by atoms with Crippen molar-refractivity contribution in [3.05, 3.63) is 48.0 Å². The summed E-state index contributed by atoms with van der Waals surface area (Å²) < 4.78 is 6.18. The van der Waals surface area contributed by atoms with Crippen LogP contribution in [0.4, 0.5) is 0 Å². The van der Waals surface area contributed by atoms with Gasteiger partial charge in [0.2, 0.25) is 0 Å². The molecule has 6 rings (SSSR count). The second-order valence-electron chi connectivity index (χ2n) is 18.7. The molecule has 0 amide bonds. The third-order valence-electron chi connectivity index (χ3n) is 15.7. The van der Waals surface area contributed by atoms with E-state index in [-0.39, 0.29) is 45.6 Å². The van der Waals surface area contributed by atoms with Gasteiger partial charge >= 0.3 is 11.9 Å². The lowest BCUT2D eigenvalue weighted by Crippen LogP contribution is -2.66. The number of hydrogen-bond donors (Lipinski definition) is 1. The van der Waals surface area contributed by atoms with E-state index in [2.05, 4.69) is 90.3 Å². The normalized spacial score (nSPS) is 42.0. The number of esters is 1. The van der Waals surface area contributed by atoms with Crippen LogP contribution in [0.2, 0.25) is 0 Å². The average Bonchev–Trinajstić information content (AvgIpc) is 3.38. The number of ether oxygens (including phenoxy) is 1. The maximum absolute atomic E-state index is 13.1. The molecule has 0 heterocycles. The van der Waals surface area contributed by atoms with Crippen molar-refractivity contribution in [3.63, 3.8) is 0 Å². The van der Waals surface area contributed by atoms with Crippen molar-refractivity contribution >= 4 is 11.9 Å². The number of fused-ring (bicyclic) bond motifs is 7. The van der Waals surface area contributed by atoms with Crippen molar-refractivity contribution in [1.29, 1.82) is 0 Å². The number of carbonyl (C=O) groups is 2. The van der Waals surface area contributed by atoms with Crippen LogP contribution in [-0.4, -0.2) is 23.1 Å². The molecule has 47 heavy (non-hydrogen) atoms. The van der Waals surface area contributed by atoms with Crippen LogP contribution < -0.4 is 0 Å². The third kappa shape index (κ3) is 5.23. The standard InChI is InChI=1S/C43H60O4/c1-28(2)30-18-24-43(23-17-29-13-11-10-12-14-29)26-25-41(8)31(36(30)43)15-16-33-40(7)21-20-34(47-35(44)27-38(3,4)37(45)46)39(5,6)32(40)19-22-42(33,41)9/h10-14,30-34,36H,1,15-16,18-22,24-27H2,2-9H3,(H,45,46)/t30?,31?,32?,33?,34-,36?,40?,41+,42?,43?/m0/s1. The minimum Gasteiger partial charge on any atom is -0.481 e. The fourth-order valence-electron chi connectivity index (χ4n) is 12.9. The monoisotopic (exact) mass is 640 g/mol. The van der Waals surface area contributed by atoms with E-state index in [1.165, 1.54) is 50.5 Å². The molecule has 5 aliphatic carbocycles. The summed E-state index contributed by atoms with van der Waals surface area (Å²) in [6.07, 6.45) is 11.4. The zero-order chi connectivity index (χ0) is 34.2. The van der Waals surface area contributed by atoms with Crippen molar-refractivity contribution in [2.24, 2.45) is 62.1 Å². The molecular weight excluding hydrogens is 580 g/mol. The molecule has 1 aromatic rings. The fourth-order valence-corrected chi connectivity index (χ4v) is 12.9. The summed E-state index contributed by atoms with van der Waals surface area (Å²) in [6.45, 7) is 22.6. The van der Waals surface area contributed by atoms with Crippen LogP contribution in [-0.2, 0) is 14.3 Å². The van der Waals surface area contributed by atoms with Gasteiger partial charge in [-0.1, -0.05) is 76.8 Å². The molecule has 4 heteroatoms. The number of carbonyl (C=O) groups excluding carboxylic acids is 1. The number of allylic oxidation sites excluding steroid dienone is 1. The lowest BCUT2D eigenvalue weighted by atomic mass is 9.32. The van der Waals surface area contributed by atoms with E-state index in [0.717, 1.165) is 24.8 Å². The fraction of sp³-hybridized carbons (Fsp3) is 0.721. The first-order valence-corrected chi connectivity index (χ1v) is 18.6. The highest BCUT2D eigenvalue weighted by molar-refractivity contribution is 5.81. The molecule has 0 aromatic heterocycles. The molecule has 1 aromatic carbocycles. The minimum atomic E-state index is -1.13. The van der Waals surface area contributed by atoms with Crippen molar-refractivity contribution in [3.8, 4) is 11.8 Å². The summed E-state index contributed by atoms with van der Waals surface area (Å²) >= 11 is 0. The minimum absolute atomic E-state index is 0.0765. The zero-order valence-corrected chi connectivity index (χ0v) is 30.5. The van der Waals surface area contributed by atoms with Crippen LogP contribution in [0.3, 0.4) is 0 Å². The van der Waals surface area contributed by atoms with Gasteiger partial charge in [0.15, 0.2) is 0 Å². The first-order valence-electron chi connectivity index (χ1n) is 18.6. The molecule has 1 N–H and O–H groups in total. The van der Waals surface area contributed by atoms with Gasteiger partial charge in [0.25, 0.3) is 0 Å². The number of carboxylic acids is 1. The highest BCUT2D eigenvalue weighted by atomic mass is 16.5. The van der Waals surface area contributed by atoms with Crippen LogP contribution in [0.1, 0.15) is 132 Å². The van der Waals surface area contributed by atoms with Gasteiger partial charge in [-0.05, 0) is 143 Å². The van der Waals surface area contributed by atoms with Crippen LogP contribution in [0.15, 0.2) is 42.5 Å². The molecule has 5 fully saturated rings.